The van der Waals surface area contributed by atoms with Gasteiger partial charge in [-0.15, -0.1) is 0 Å². The van der Waals surface area contributed by atoms with Crippen LogP contribution in [0.2, 0.25) is 0 Å². The Kier molecular flexibility index (Phi) is 16.0. The molecular formula is C25H41F3N2O3. The maximum atomic E-state index is 13.5. The van der Waals surface area contributed by atoms with Gasteiger partial charge < -0.3 is 14.8 Å². The molecule has 0 aliphatic carbocycles. The number of alkyl halides is 3. The summed E-state index contributed by atoms with van der Waals surface area (Å²) < 4.78 is 50.8. The Morgan fingerprint density at radius 2 is 1.70 bits per heavy atom. The van der Waals surface area contributed by atoms with Gasteiger partial charge in [0, 0.05) is 5.57 Å². The highest BCUT2D eigenvalue weighted by molar-refractivity contribution is 5.83. The van der Waals surface area contributed by atoms with E-state index in [9.17, 15) is 18.0 Å². The van der Waals surface area contributed by atoms with E-state index in [2.05, 4.69) is 10.3 Å². The first-order chi connectivity index (χ1) is 15.3. The number of nitrogens with zero attached hydrogens (tertiary/aromatic N) is 1. The summed E-state index contributed by atoms with van der Waals surface area (Å²) in [5.41, 5.74) is 0.0138. The lowest BCUT2D eigenvalue weighted by atomic mass is 10.0. The number of methoxy groups -OCH3 is 1. The van der Waals surface area contributed by atoms with Gasteiger partial charge >= 0.3 is 12.3 Å². The molecule has 0 bridgehead atoms. The monoisotopic (exact) mass is 474 g/mol. The predicted octanol–water partition coefficient (Wildman–Crippen LogP) is 7.67. The number of halogens is 3. The average molecular weight is 475 g/mol. The van der Waals surface area contributed by atoms with Gasteiger partial charge in [0.25, 0.3) is 0 Å². The summed E-state index contributed by atoms with van der Waals surface area (Å²) in [6, 6.07) is 0. The number of allylic oxidation sites excluding steroid dienone is 6. The van der Waals surface area contributed by atoms with E-state index in [-0.39, 0.29) is 18.9 Å². The molecule has 0 aliphatic rings. The van der Waals surface area contributed by atoms with E-state index >= 15 is 0 Å². The molecule has 0 fully saturated rings. The molecule has 0 unspecified atom stereocenters. The van der Waals surface area contributed by atoms with Crippen LogP contribution in [0.1, 0.15) is 75.2 Å². The third kappa shape index (κ3) is 14.3. The molecule has 0 aromatic rings. The number of rotatable bonds is 8. The summed E-state index contributed by atoms with van der Waals surface area (Å²) in [6.45, 7) is 16.2. The Balaban J connectivity index is 0. The Morgan fingerprint density at radius 3 is 2.09 bits per heavy atom. The molecule has 190 valence electrons. The van der Waals surface area contributed by atoms with Crippen molar-refractivity contribution in [3.63, 3.8) is 0 Å². The van der Waals surface area contributed by atoms with Crippen LogP contribution in [0.4, 0.5) is 18.0 Å². The fourth-order valence-corrected chi connectivity index (χ4v) is 2.34. The molecular weight excluding hydrogens is 433 g/mol. The minimum atomic E-state index is -4.49. The highest BCUT2D eigenvalue weighted by Crippen LogP contribution is 2.31. The van der Waals surface area contributed by atoms with E-state index in [1.165, 1.54) is 7.11 Å². The number of amides is 1. The molecule has 0 rings (SSSR count). The molecule has 0 heterocycles. The van der Waals surface area contributed by atoms with Crippen molar-refractivity contribution in [2.24, 2.45) is 4.99 Å². The maximum absolute atomic E-state index is 13.5. The van der Waals surface area contributed by atoms with Crippen LogP contribution in [0, 0.1) is 0 Å². The number of aliphatic imine (C=N–C) groups is 1. The molecule has 8 heteroatoms. The zero-order chi connectivity index (χ0) is 26.2. The molecule has 0 saturated heterocycles. The fraction of sp³-hybridized carbons (Fsp3) is 0.600. The van der Waals surface area contributed by atoms with E-state index in [0.717, 1.165) is 17.7 Å². The van der Waals surface area contributed by atoms with Crippen molar-refractivity contribution in [1.82, 2.24) is 5.32 Å². The van der Waals surface area contributed by atoms with Crippen LogP contribution in [0.3, 0.4) is 0 Å². The van der Waals surface area contributed by atoms with Gasteiger partial charge in [0.1, 0.15) is 5.60 Å². The summed E-state index contributed by atoms with van der Waals surface area (Å²) in [6.07, 6.45) is 1.11. The number of carbonyl (C=O) groups is 1. The molecule has 33 heavy (non-hydrogen) atoms. The van der Waals surface area contributed by atoms with Crippen LogP contribution in [0.25, 0.3) is 0 Å². The Bertz CT molecular complexity index is 754. The number of alkyl carbamates (subject to hydrolysis) is 1. The molecule has 0 spiro atoms. The lowest BCUT2D eigenvalue weighted by Gasteiger charge is -2.20. The van der Waals surface area contributed by atoms with Gasteiger partial charge in [0.15, 0.2) is 0 Å². The normalized spacial score (nSPS) is 14.4. The Hall–Kier alpha value is -2.51. The molecule has 0 aromatic carbocycles. The zero-order valence-corrected chi connectivity index (χ0v) is 21.7. The van der Waals surface area contributed by atoms with Crippen LogP contribution >= 0.6 is 0 Å². The smallest absolute Gasteiger partial charge is 0.416 e. The van der Waals surface area contributed by atoms with Crippen molar-refractivity contribution >= 4 is 12.0 Å². The largest absolute Gasteiger partial charge is 0.483 e. The first-order valence-electron chi connectivity index (χ1n) is 11.2. The molecule has 0 atom stereocenters. The highest BCUT2D eigenvalue weighted by atomic mass is 19.4. The minimum Gasteiger partial charge on any atom is -0.483 e. The van der Waals surface area contributed by atoms with E-state index in [1.54, 1.807) is 53.7 Å². The Labute approximate surface area is 197 Å². The van der Waals surface area contributed by atoms with Gasteiger partial charge in [-0.05, 0) is 59.1 Å². The third-order valence-electron chi connectivity index (χ3n) is 3.87. The van der Waals surface area contributed by atoms with E-state index in [0.29, 0.717) is 17.7 Å². The van der Waals surface area contributed by atoms with Gasteiger partial charge in [-0.1, -0.05) is 45.9 Å². The van der Waals surface area contributed by atoms with Crippen molar-refractivity contribution in [3.05, 3.63) is 46.7 Å². The third-order valence-corrected chi connectivity index (χ3v) is 3.87. The summed E-state index contributed by atoms with van der Waals surface area (Å²) in [4.78, 5) is 16.3. The lowest BCUT2D eigenvalue weighted by molar-refractivity contribution is -0.0884. The lowest BCUT2D eigenvalue weighted by Crippen LogP contribution is -2.36. The summed E-state index contributed by atoms with van der Waals surface area (Å²) in [7, 11) is 1.38. The van der Waals surface area contributed by atoms with Crippen molar-refractivity contribution in [3.8, 4) is 0 Å². The first kappa shape index (κ1) is 32.7. The molecule has 0 aliphatic heterocycles. The second-order valence-electron chi connectivity index (χ2n) is 7.71. The fourth-order valence-electron chi connectivity index (χ4n) is 2.34. The minimum absolute atomic E-state index is 0.0774. The standard InChI is InChI=1S/C23H35F3N2O3.C2H6/c1-9-12-17(14-18(13-10-2)23(24,25)26)20(16(4)11-3)28-19(30-8)15-27-21(29)31-22(5,6)7;1-2/h9,12-14H,10-11,15H2,1-8H3,(H,27,29);1-2H3/b12-9-,17-14+,18-13-,20-16?,28-19?;. The summed E-state index contributed by atoms with van der Waals surface area (Å²) in [5.74, 6) is 0.136. The first-order valence-corrected chi connectivity index (χ1v) is 11.2. The van der Waals surface area contributed by atoms with E-state index < -0.39 is 23.4 Å². The van der Waals surface area contributed by atoms with Gasteiger partial charge in [-0.2, -0.15) is 13.2 Å². The highest BCUT2D eigenvalue weighted by Gasteiger charge is 2.32. The predicted molar refractivity (Wildman–Crippen MR) is 130 cm³/mol. The average Bonchev–Trinajstić information content (AvgIpc) is 2.72. The van der Waals surface area contributed by atoms with Crippen LogP contribution in [-0.2, 0) is 9.47 Å². The van der Waals surface area contributed by atoms with E-state index in [1.807, 2.05) is 20.8 Å². The number of hydrogen-bond acceptors (Lipinski definition) is 4. The second-order valence-corrected chi connectivity index (χ2v) is 7.71. The van der Waals surface area contributed by atoms with Crippen molar-refractivity contribution in [2.75, 3.05) is 13.7 Å². The van der Waals surface area contributed by atoms with Gasteiger partial charge in [-0.25, -0.2) is 9.79 Å². The molecule has 0 radical (unpaired) electrons. The molecule has 1 amide bonds. The number of carbonyl (C=O) groups excluding carboxylic acids is 1. The quantitative estimate of drug-likeness (QED) is 0.223. The second kappa shape index (κ2) is 16.2. The van der Waals surface area contributed by atoms with Crippen molar-refractivity contribution < 1.29 is 27.4 Å². The SMILES string of the molecule is CC.C\C=C/C(=C\C(=C\CC)C(F)(F)F)C(N=C(CNC(=O)OC(C)(C)C)OC)=C(C)CC. The van der Waals surface area contributed by atoms with Crippen molar-refractivity contribution in [1.29, 1.82) is 0 Å². The van der Waals surface area contributed by atoms with Crippen molar-refractivity contribution in [2.45, 2.75) is 86.9 Å². The summed E-state index contributed by atoms with van der Waals surface area (Å²) in [5, 5.41) is 2.54. The molecule has 5 nitrogen and oxygen atoms in total. The van der Waals surface area contributed by atoms with E-state index in [4.69, 9.17) is 9.47 Å². The van der Waals surface area contributed by atoms with Gasteiger partial charge in [0.05, 0.1) is 24.9 Å². The van der Waals surface area contributed by atoms with Crippen LogP contribution in [0.15, 0.2) is 51.7 Å². The summed E-state index contributed by atoms with van der Waals surface area (Å²) >= 11 is 0. The number of nitrogens with one attached hydrogen (secondary N) is 1. The Morgan fingerprint density at radius 1 is 1.12 bits per heavy atom. The van der Waals surface area contributed by atoms with Gasteiger partial charge in [0.2, 0.25) is 5.90 Å². The zero-order valence-electron chi connectivity index (χ0n) is 21.7. The maximum Gasteiger partial charge on any atom is 0.416 e. The molecule has 0 aromatic heterocycles. The molecule has 0 saturated carbocycles. The number of hydrogen-bond donors (Lipinski definition) is 1. The number of ether oxygens (including phenoxy) is 2. The topological polar surface area (TPSA) is 59.9 Å². The van der Waals surface area contributed by atoms with Crippen LogP contribution in [0.5, 0.6) is 0 Å². The van der Waals surface area contributed by atoms with Gasteiger partial charge in [-0.3, -0.25) is 0 Å². The molecule has 1 N–H and O–H groups in total. The van der Waals surface area contributed by atoms with Crippen LogP contribution in [-0.4, -0.2) is 37.4 Å². The van der Waals surface area contributed by atoms with Crippen LogP contribution < -0.4 is 5.32 Å².